The Morgan fingerprint density at radius 3 is 2.17 bits per heavy atom. The monoisotopic (exact) mass is 319 g/mol. The number of rotatable bonds is 5. The van der Waals surface area contributed by atoms with Gasteiger partial charge in [0.25, 0.3) is 0 Å². The number of ether oxygens (including phenoxy) is 1. The van der Waals surface area contributed by atoms with E-state index in [1.165, 1.54) is 0 Å². The number of hydrogen-bond acceptors (Lipinski definition) is 4. The van der Waals surface area contributed by atoms with Gasteiger partial charge in [0.1, 0.15) is 11.5 Å². The Labute approximate surface area is 139 Å². The van der Waals surface area contributed by atoms with Crippen molar-refractivity contribution in [2.45, 2.75) is 0 Å². The number of carbonyl (C=O) groups excluding carboxylic acids is 1. The minimum Gasteiger partial charge on any atom is -0.457 e. The first-order valence-electron chi connectivity index (χ1n) is 7.41. The fourth-order valence-electron chi connectivity index (χ4n) is 2.22. The van der Waals surface area contributed by atoms with Gasteiger partial charge in [-0.05, 0) is 54.6 Å². The van der Waals surface area contributed by atoms with Crippen LogP contribution in [-0.2, 0) is 0 Å². The Bertz CT molecular complexity index is 846. The summed E-state index contributed by atoms with van der Waals surface area (Å²) in [6.45, 7) is 0. The van der Waals surface area contributed by atoms with Crippen LogP contribution in [0.4, 0.5) is 17.1 Å². The van der Waals surface area contributed by atoms with Gasteiger partial charge in [-0.2, -0.15) is 0 Å². The zero-order valence-corrected chi connectivity index (χ0v) is 12.9. The molecule has 0 aliphatic rings. The molecule has 3 aromatic carbocycles. The molecule has 24 heavy (non-hydrogen) atoms. The van der Waals surface area contributed by atoms with Gasteiger partial charge in [-0.15, -0.1) is 0 Å². The van der Waals surface area contributed by atoms with Gasteiger partial charge >= 0.3 is 0 Å². The molecule has 0 heterocycles. The number of benzene rings is 3. The number of nitrogens with two attached hydrogens (primary N) is 2. The molecule has 0 saturated carbocycles. The van der Waals surface area contributed by atoms with Crippen molar-refractivity contribution in [2.24, 2.45) is 5.73 Å². The molecule has 0 aliphatic carbocycles. The molecular weight excluding hydrogens is 302 g/mol. The van der Waals surface area contributed by atoms with Gasteiger partial charge < -0.3 is 21.5 Å². The molecule has 0 unspecified atom stereocenters. The molecule has 3 rings (SSSR count). The minimum absolute atomic E-state index is 0.379. The van der Waals surface area contributed by atoms with E-state index in [9.17, 15) is 4.79 Å². The predicted octanol–water partition coefficient (Wildman–Crippen LogP) is 3.90. The van der Waals surface area contributed by atoms with Gasteiger partial charge in [-0.25, -0.2) is 0 Å². The van der Waals surface area contributed by atoms with Crippen molar-refractivity contribution in [1.82, 2.24) is 0 Å². The van der Waals surface area contributed by atoms with Crippen LogP contribution < -0.4 is 21.5 Å². The number of carbonyl (C=O) groups is 1. The highest BCUT2D eigenvalue weighted by Gasteiger charge is 2.05. The van der Waals surface area contributed by atoms with Crippen molar-refractivity contribution in [2.75, 3.05) is 11.1 Å². The molecule has 0 saturated heterocycles. The lowest BCUT2D eigenvalue weighted by Crippen LogP contribution is -2.11. The van der Waals surface area contributed by atoms with E-state index in [0.29, 0.717) is 16.9 Å². The fourth-order valence-corrected chi connectivity index (χ4v) is 2.22. The maximum Gasteiger partial charge on any atom is 0.248 e. The normalized spacial score (nSPS) is 10.2. The first-order valence-corrected chi connectivity index (χ1v) is 7.41. The van der Waals surface area contributed by atoms with Crippen molar-refractivity contribution in [3.05, 3.63) is 78.4 Å². The Morgan fingerprint density at radius 1 is 0.875 bits per heavy atom. The van der Waals surface area contributed by atoms with Gasteiger partial charge in [-0.3, -0.25) is 4.79 Å². The van der Waals surface area contributed by atoms with Crippen molar-refractivity contribution >= 4 is 23.0 Å². The molecular formula is C19H17N3O2. The molecule has 5 N–H and O–H groups in total. The molecule has 0 fully saturated rings. The minimum atomic E-state index is -0.504. The summed E-state index contributed by atoms with van der Waals surface area (Å²) in [6.07, 6.45) is 0. The second-order valence-electron chi connectivity index (χ2n) is 5.23. The van der Waals surface area contributed by atoms with Crippen molar-refractivity contribution in [3.63, 3.8) is 0 Å². The molecule has 0 aliphatic heterocycles. The van der Waals surface area contributed by atoms with Gasteiger partial charge in [0.2, 0.25) is 5.91 Å². The standard InChI is InChI=1S/C19H17N3O2/c20-17-12-13(19(21)23)6-11-18(17)22-14-7-9-16(10-8-14)24-15-4-2-1-3-5-15/h1-12,22H,20H2,(H2,21,23). The number of nitrogens with one attached hydrogen (secondary N) is 1. The third-order valence-corrected chi connectivity index (χ3v) is 3.45. The second-order valence-corrected chi connectivity index (χ2v) is 5.23. The molecule has 0 radical (unpaired) electrons. The summed E-state index contributed by atoms with van der Waals surface area (Å²) in [7, 11) is 0. The average Bonchev–Trinajstić information content (AvgIpc) is 2.59. The summed E-state index contributed by atoms with van der Waals surface area (Å²) in [6, 6.07) is 22.0. The summed E-state index contributed by atoms with van der Waals surface area (Å²) in [4.78, 5) is 11.1. The Morgan fingerprint density at radius 2 is 1.54 bits per heavy atom. The van der Waals surface area contributed by atoms with Gasteiger partial charge in [-0.1, -0.05) is 18.2 Å². The van der Waals surface area contributed by atoms with Gasteiger partial charge in [0.05, 0.1) is 11.4 Å². The number of hydrogen-bond donors (Lipinski definition) is 3. The molecule has 5 nitrogen and oxygen atoms in total. The van der Waals surface area contributed by atoms with E-state index in [1.54, 1.807) is 18.2 Å². The smallest absolute Gasteiger partial charge is 0.248 e. The molecule has 3 aromatic rings. The summed E-state index contributed by atoms with van der Waals surface area (Å²) in [5, 5.41) is 3.20. The van der Waals surface area contributed by atoms with Crippen LogP contribution in [0.2, 0.25) is 0 Å². The lowest BCUT2D eigenvalue weighted by molar-refractivity contribution is 0.100. The summed E-state index contributed by atoms with van der Waals surface area (Å²) in [5.74, 6) is 1.02. The van der Waals surface area contributed by atoms with E-state index in [0.717, 1.165) is 17.2 Å². The lowest BCUT2D eigenvalue weighted by Gasteiger charge is -2.11. The first-order chi connectivity index (χ1) is 11.6. The van der Waals surface area contributed by atoms with Crippen LogP contribution in [0.3, 0.4) is 0 Å². The van der Waals surface area contributed by atoms with E-state index in [-0.39, 0.29) is 0 Å². The fraction of sp³-hybridized carbons (Fsp3) is 0. The number of anilines is 3. The molecule has 5 heteroatoms. The zero-order chi connectivity index (χ0) is 16.9. The highest BCUT2D eigenvalue weighted by Crippen LogP contribution is 2.27. The summed E-state index contributed by atoms with van der Waals surface area (Å²) < 4.78 is 5.75. The maximum absolute atomic E-state index is 11.1. The van der Waals surface area contributed by atoms with Gasteiger partial charge in [0, 0.05) is 11.3 Å². The third kappa shape index (κ3) is 3.64. The van der Waals surface area contributed by atoms with Crippen LogP contribution >= 0.6 is 0 Å². The highest BCUT2D eigenvalue weighted by molar-refractivity contribution is 5.95. The van der Waals surface area contributed by atoms with Crippen LogP contribution in [0.15, 0.2) is 72.8 Å². The average molecular weight is 319 g/mol. The van der Waals surface area contributed by atoms with Gasteiger partial charge in [0.15, 0.2) is 0 Å². The highest BCUT2D eigenvalue weighted by atomic mass is 16.5. The Kier molecular flexibility index (Phi) is 4.34. The largest absolute Gasteiger partial charge is 0.457 e. The predicted molar refractivity (Wildman–Crippen MR) is 95.6 cm³/mol. The first kappa shape index (κ1) is 15.4. The SMILES string of the molecule is NC(=O)c1ccc(Nc2ccc(Oc3ccccc3)cc2)c(N)c1. The van der Waals surface area contributed by atoms with Crippen LogP contribution in [-0.4, -0.2) is 5.91 Å². The number of para-hydroxylation sites is 1. The molecule has 120 valence electrons. The van der Waals surface area contributed by atoms with E-state index >= 15 is 0 Å². The van der Waals surface area contributed by atoms with Crippen molar-refractivity contribution < 1.29 is 9.53 Å². The van der Waals surface area contributed by atoms with E-state index in [4.69, 9.17) is 16.2 Å². The summed E-state index contributed by atoms with van der Waals surface area (Å²) in [5.41, 5.74) is 13.6. The van der Waals surface area contributed by atoms with Crippen molar-refractivity contribution in [3.8, 4) is 11.5 Å². The second kappa shape index (κ2) is 6.75. The van der Waals surface area contributed by atoms with E-state index in [1.807, 2.05) is 54.6 Å². The molecule has 0 spiro atoms. The zero-order valence-electron chi connectivity index (χ0n) is 12.9. The molecule has 0 atom stereocenters. The Balaban J connectivity index is 1.71. The number of nitrogen functional groups attached to an aromatic ring is 1. The topological polar surface area (TPSA) is 90.4 Å². The number of amides is 1. The van der Waals surface area contributed by atoms with Crippen molar-refractivity contribution in [1.29, 1.82) is 0 Å². The third-order valence-electron chi connectivity index (χ3n) is 3.45. The van der Waals surface area contributed by atoms with E-state index in [2.05, 4.69) is 5.32 Å². The van der Waals surface area contributed by atoms with E-state index < -0.39 is 5.91 Å². The van der Waals surface area contributed by atoms with Crippen LogP contribution in [0.5, 0.6) is 11.5 Å². The molecule has 1 amide bonds. The quantitative estimate of drug-likeness (QED) is 0.622. The summed E-state index contributed by atoms with van der Waals surface area (Å²) >= 11 is 0. The molecule has 0 aromatic heterocycles. The van der Waals surface area contributed by atoms with Crippen LogP contribution in [0.25, 0.3) is 0 Å². The number of primary amides is 1. The van der Waals surface area contributed by atoms with Crippen LogP contribution in [0.1, 0.15) is 10.4 Å². The lowest BCUT2D eigenvalue weighted by atomic mass is 10.1. The van der Waals surface area contributed by atoms with Crippen LogP contribution in [0, 0.1) is 0 Å². The molecule has 0 bridgehead atoms. The Hall–Kier alpha value is -3.47. The maximum atomic E-state index is 11.1.